The lowest BCUT2D eigenvalue weighted by atomic mass is 9.96. The monoisotopic (exact) mass is 285 g/mol. The highest BCUT2D eigenvalue weighted by Crippen LogP contribution is 2.24. The average Bonchev–Trinajstić information content (AvgIpc) is 2.77. The molecule has 1 fully saturated rings. The Labute approximate surface area is 121 Å². The first-order valence-corrected chi connectivity index (χ1v) is 7.49. The molecule has 1 saturated heterocycles. The van der Waals surface area contributed by atoms with Crippen molar-refractivity contribution in [3.8, 4) is 0 Å². The summed E-state index contributed by atoms with van der Waals surface area (Å²) < 4.78 is 9.90. The van der Waals surface area contributed by atoms with Crippen molar-refractivity contribution in [2.24, 2.45) is 11.8 Å². The summed E-state index contributed by atoms with van der Waals surface area (Å²) in [7, 11) is 1.40. The zero-order valence-electron chi connectivity index (χ0n) is 13.1. The lowest BCUT2D eigenvalue weighted by Gasteiger charge is -2.28. The van der Waals surface area contributed by atoms with Gasteiger partial charge in [-0.15, -0.1) is 0 Å². The van der Waals surface area contributed by atoms with E-state index < -0.39 is 0 Å². The van der Waals surface area contributed by atoms with Crippen LogP contribution in [0, 0.1) is 11.8 Å². The maximum absolute atomic E-state index is 11.8. The van der Waals surface area contributed by atoms with Gasteiger partial charge in [0, 0.05) is 6.54 Å². The minimum atomic E-state index is -0.255. The second kappa shape index (κ2) is 8.12. The van der Waals surface area contributed by atoms with Crippen LogP contribution in [-0.2, 0) is 14.3 Å². The predicted molar refractivity (Wildman–Crippen MR) is 76.3 cm³/mol. The molecule has 1 rings (SSSR count). The van der Waals surface area contributed by atoms with E-state index in [0.29, 0.717) is 25.5 Å². The number of carbonyl (C=O) groups is 2. The van der Waals surface area contributed by atoms with Crippen LogP contribution < -0.4 is 0 Å². The molecule has 1 aliphatic heterocycles. The molecule has 2 atom stereocenters. The topological polar surface area (TPSA) is 55.8 Å². The number of ether oxygens (including phenoxy) is 2. The fraction of sp³-hybridized carbons (Fsp3) is 0.867. The minimum absolute atomic E-state index is 0.115. The van der Waals surface area contributed by atoms with E-state index in [2.05, 4.69) is 20.8 Å². The van der Waals surface area contributed by atoms with Gasteiger partial charge in [-0.1, -0.05) is 33.6 Å². The van der Waals surface area contributed by atoms with Crippen molar-refractivity contribution in [2.45, 2.75) is 52.5 Å². The van der Waals surface area contributed by atoms with Gasteiger partial charge in [-0.2, -0.15) is 0 Å². The smallest absolute Gasteiger partial charge is 0.410 e. The summed E-state index contributed by atoms with van der Waals surface area (Å²) in [6.45, 7) is 7.32. The summed E-state index contributed by atoms with van der Waals surface area (Å²) in [4.78, 5) is 25.1. The first kappa shape index (κ1) is 16.8. The number of nitrogens with zero attached hydrogens (tertiary/aromatic N) is 1. The van der Waals surface area contributed by atoms with Crippen LogP contribution in [0.25, 0.3) is 0 Å². The Balaban J connectivity index is 2.65. The van der Waals surface area contributed by atoms with Gasteiger partial charge in [0.1, 0.15) is 6.61 Å². The van der Waals surface area contributed by atoms with Gasteiger partial charge in [0.2, 0.25) is 0 Å². The van der Waals surface area contributed by atoms with Crippen LogP contribution in [0.2, 0.25) is 0 Å². The zero-order valence-corrected chi connectivity index (χ0v) is 13.1. The largest absolute Gasteiger partial charge is 0.469 e. The normalized spacial score (nSPS) is 20.1. The summed E-state index contributed by atoms with van der Waals surface area (Å²) >= 11 is 0. The van der Waals surface area contributed by atoms with Crippen molar-refractivity contribution >= 4 is 12.1 Å². The number of methoxy groups -OCH3 is 1. The Kier molecular flexibility index (Phi) is 6.82. The molecule has 0 aromatic rings. The van der Waals surface area contributed by atoms with Crippen LogP contribution in [0.3, 0.4) is 0 Å². The molecule has 0 spiro atoms. The molecule has 0 aromatic heterocycles. The van der Waals surface area contributed by atoms with Gasteiger partial charge in [0.05, 0.1) is 19.6 Å². The summed E-state index contributed by atoms with van der Waals surface area (Å²) in [6.07, 6.45) is 3.17. The summed E-state index contributed by atoms with van der Waals surface area (Å²) in [5, 5.41) is 0. The van der Waals surface area contributed by atoms with Gasteiger partial charge < -0.3 is 14.4 Å². The molecule has 0 unspecified atom stereocenters. The second-order valence-corrected chi connectivity index (χ2v) is 5.83. The number of unbranched alkanes of at least 4 members (excludes halogenated alkanes) is 1. The van der Waals surface area contributed by atoms with E-state index in [9.17, 15) is 9.59 Å². The molecular weight excluding hydrogens is 258 g/mol. The molecule has 0 N–H and O–H groups in total. The Morgan fingerprint density at radius 2 is 2.20 bits per heavy atom. The third kappa shape index (κ3) is 4.69. The van der Waals surface area contributed by atoms with Crippen LogP contribution in [-0.4, -0.2) is 43.3 Å². The predicted octanol–water partition coefficient (Wildman–Crippen LogP) is 2.83. The highest BCUT2D eigenvalue weighted by molar-refractivity contribution is 5.71. The third-order valence-electron chi connectivity index (χ3n) is 3.89. The van der Waals surface area contributed by atoms with Crippen molar-refractivity contribution in [3.63, 3.8) is 0 Å². The van der Waals surface area contributed by atoms with Gasteiger partial charge in [-0.05, 0) is 18.3 Å². The number of hydrogen-bond donors (Lipinski definition) is 0. The van der Waals surface area contributed by atoms with Crippen molar-refractivity contribution in [1.82, 2.24) is 4.90 Å². The summed E-state index contributed by atoms with van der Waals surface area (Å²) in [5.74, 6) is 0.292. The van der Waals surface area contributed by atoms with E-state index in [1.165, 1.54) is 7.11 Å². The van der Waals surface area contributed by atoms with Crippen molar-refractivity contribution < 1.29 is 19.1 Å². The van der Waals surface area contributed by atoms with Gasteiger partial charge in [0.25, 0.3) is 0 Å². The maximum Gasteiger partial charge on any atom is 0.410 e. The fourth-order valence-corrected chi connectivity index (χ4v) is 2.58. The van der Waals surface area contributed by atoms with E-state index in [1.54, 1.807) is 4.90 Å². The molecule has 1 amide bonds. The molecule has 5 nitrogen and oxygen atoms in total. The molecule has 5 heteroatoms. The minimum Gasteiger partial charge on any atom is -0.469 e. The lowest BCUT2D eigenvalue weighted by molar-refractivity contribution is -0.141. The number of cyclic esters (lactones) is 1. The molecule has 116 valence electrons. The number of rotatable bonds is 8. The average molecular weight is 285 g/mol. The lowest BCUT2D eigenvalue weighted by Crippen LogP contribution is -2.40. The molecule has 0 bridgehead atoms. The fourth-order valence-electron chi connectivity index (χ4n) is 2.58. The Hall–Kier alpha value is -1.26. The molecule has 0 aliphatic carbocycles. The van der Waals surface area contributed by atoms with E-state index in [1.807, 2.05) is 0 Å². The van der Waals surface area contributed by atoms with E-state index in [4.69, 9.17) is 9.47 Å². The highest BCUT2D eigenvalue weighted by atomic mass is 16.6. The maximum atomic E-state index is 11.8. The Morgan fingerprint density at radius 3 is 2.75 bits per heavy atom. The van der Waals surface area contributed by atoms with Crippen molar-refractivity contribution in [1.29, 1.82) is 0 Å². The summed E-state index contributed by atoms with van der Waals surface area (Å²) in [5.41, 5.74) is 0. The van der Waals surface area contributed by atoms with Gasteiger partial charge >= 0.3 is 12.1 Å². The molecule has 0 aromatic carbocycles. The second-order valence-electron chi connectivity index (χ2n) is 5.83. The highest BCUT2D eigenvalue weighted by Gasteiger charge is 2.36. The number of carbonyl (C=O) groups excluding carboxylic acids is 2. The number of hydrogen-bond acceptors (Lipinski definition) is 4. The van der Waals surface area contributed by atoms with E-state index in [0.717, 1.165) is 19.3 Å². The molecule has 0 radical (unpaired) electrons. The van der Waals surface area contributed by atoms with Crippen LogP contribution in [0.1, 0.15) is 46.5 Å². The SMILES string of the molecule is CCCC[C@@H](CC(=O)OC)CN1C(=O)OC[C@@H]1C(C)C. The summed E-state index contributed by atoms with van der Waals surface area (Å²) in [6, 6.07) is 0.115. The quantitative estimate of drug-likeness (QED) is 0.643. The molecule has 0 saturated carbocycles. The molecule has 1 aliphatic rings. The Bertz CT molecular complexity index is 330. The first-order valence-electron chi connectivity index (χ1n) is 7.49. The van der Waals surface area contributed by atoms with E-state index in [-0.39, 0.29) is 24.0 Å². The number of amides is 1. The van der Waals surface area contributed by atoms with Crippen molar-refractivity contribution in [2.75, 3.05) is 20.3 Å². The molecular formula is C15H27NO4. The van der Waals surface area contributed by atoms with Gasteiger partial charge in [0.15, 0.2) is 0 Å². The first-order chi connectivity index (χ1) is 9.49. The molecule has 20 heavy (non-hydrogen) atoms. The Morgan fingerprint density at radius 1 is 1.50 bits per heavy atom. The van der Waals surface area contributed by atoms with Gasteiger partial charge in [-0.3, -0.25) is 4.79 Å². The molecule has 1 heterocycles. The van der Waals surface area contributed by atoms with Crippen LogP contribution in [0.5, 0.6) is 0 Å². The van der Waals surface area contributed by atoms with Gasteiger partial charge in [-0.25, -0.2) is 4.79 Å². The van der Waals surface area contributed by atoms with Crippen molar-refractivity contribution in [3.05, 3.63) is 0 Å². The van der Waals surface area contributed by atoms with Crippen LogP contribution in [0.15, 0.2) is 0 Å². The number of esters is 1. The third-order valence-corrected chi connectivity index (χ3v) is 3.89. The zero-order chi connectivity index (χ0) is 15.1. The van der Waals surface area contributed by atoms with Crippen LogP contribution in [0.4, 0.5) is 4.79 Å². The van der Waals surface area contributed by atoms with Crippen LogP contribution >= 0.6 is 0 Å². The van der Waals surface area contributed by atoms with E-state index >= 15 is 0 Å². The standard InChI is InChI=1S/C15H27NO4/c1-5-6-7-12(8-14(17)19-4)9-16-13(11(2)3)10-20-15(16)18/h11-13H,5-10H2,1-4H3/t12-,13+/m0/s1.